The Labute approximate surface area is 123 Å². The van der Waals surface area contributed by atoms with Gasteiger partial charge in [-0.2, -0.15) is 0 Å². The number of rotatable bonds is 1. The van der Waals surface area contributed by atoms with Crippen LogP contribution < -0.4 is 5.56 Å². The molecule has 1 amide bonds. The predicted molar refractivity (Wildman–Crippen MR) is 82.7 cm³/mol. The molecule has 112 valence electrons. The van der Waals surface area contributed by atoms with Crippen LogP contribution >= 0.6 is 0 Å². The highest BCUT2D eigenvalue weighted by atomic mass is 16.2. The van der Waals surface area contributed by atoms with Crippen molar-refractivity contribution in [3.05, 3.63) is 33.9 Å². The summed E-state index contributed by atoms with van der Waals surface area (Å²) in [6.07, 6.45) is 6.90. The minimum Gasteiger partial charge on any atom is -0.349 e. The van der Waals surface area contributed by atoms with E-state index in [-0.39, 0.29) is 11.5 Å². The molecule has 1 aliphatic heterocycles. The van der Waals surface area contributed by atoms with Gasteiger partial charge in [0.15, 0.2) is 0 Å². The lowest BCUT2D eigenvalue weighted by Crippen LogP contribution is -2.36. The number of aryl methyl sites for hydroxylation is 3. The van der Waals surface area contributed by atoms with Gasteiger partial charge in [0.1, 0.15) is 0 Å². The summed E-state index contributed by atoms with van der Waals surface area (Å²) in [6, 6.07) is 0. The summed E-state index contributed by atoms with van der Waals surface area (Å²) in [5.74, 6) is -0.0111. The summed E-state index contributed by atoms with van der Waals surface area (Å²) >= 11 is 0. The van der Waals surface area contributed by atoms with Crippen molar-refractivity contribution in [2.75, 3.05) is 13.1 Å². The largest absolute Gasteiger partial charge is 0.349 e. The molecular formula is C16H21N3O2. The molecule has 0 atom stereocenters. The Morgan fingerprint density at radius 2 is 1.71 bits per heavy atom. The highest BCUT2D eigenvalue weighted by molar-refractivity contribution is 6.07. The summed E-state index contributed by atoms with van der Waals surface area (Å²) < 4.78 is 3.45. The first-order chi connectivity index (χ1) is 10.0. The van der Waals surface area contributed by atoms with Gasteiger partial charge >= 0.3 is 0 Å². The zero-order chi connectivity index (χ0) is 15.1. The van der Waals surface area contributed by atoms with Gasteiger partial charge in [0, 0.05) is 39.6 Å². The van der Waals surface area contributed by atoms with Crippen LogP contribution in [0.2, 0.25) is 0 Å². The minimum atomic E-state index is -0.100. The van der Waals surface area contributed by atoms with Gasteiger partial charge in [-0.3, -0.25) is 9.59 Å². The summed E-state index contributed by atoms with van der Waals surface area (Å²) in [5, 5.41) is 0.551. The normalized spacial score (nSPS) is 15.7. The average Bonchev–Trinajstić information content (AvgIpc) is 2.83. The maximum Gasteiger partial charge on any atom is 0.260 e. The van der Waals surface area contributed by atoms with Gasteiger partial charge in [-0.05, 0) is 31.7 Å². The van der Waals surface area contributed by atoms with Gasteiger partial charge in [-0.25, -0.2) is 0 Å². The zero-order valence-corrected chi connectivity index (χ0v) is 12.8. The molecule has 0 aromatic carbocycles. The highest BCUT2D eigenvalue weighted by Gasteiger charge is 2.24. The summed E-state index contributed by atoms with van der Waals surface area (Å²) in [7, 11) is 3.62. The first kappa shape index (κ1) is 13.9. The number of amides is 1. The van der Waals surface area contributed by atoms with E-state index < -0.39 is 0 Å². The molecule has 1 aliphatic rings. The maximum atomic E-state index is 12.8. The maximum absolute atomic E-state index is 12.8. The minimum absolute atomic E-state index is 0.0111. The van der Waals surface area contributed by atoms with Crippen molar-refractivity contribution in [1.29, 1.82) is 0 Å². The number of piperidine rings is 1. The van der Waals surface area contributed by atoms with E-state index in [0.717, 1.165) is 37.0 Å². The summed E-state index contributed by atoms with van der Waals surface area (Å²) in [6.45, 7) is 3.56. The highest BCUT2D eigenvalue weighted by Crippen LogP contribution is 2.23. The number of carbonyl (C=O) groups excluding carboxylic acids is 1. The molecule has 1 saturated heterocycles. The molecule has 0 spiro atoms. The average molecular weight is 287 g/mol. The van der Waals surface area contributed by atoms with Crippen molar-refractivity contribution in [3.8, 4) is 0 Å². The first-order valence-electron chi connectivity index (χ1n) is 7.45. The smallest absolute Gasteiger partial charge is 0.260 e. The molecule has 0 N–H and O–H groups in total. The first-order valence-corrected chi connectivity index (χ1v) is 7.45. The van der Waals surface area contributed by atoms with Gasteiger partial charge < -0.3 is 14.0 Å². The Balaban J connectivity index is 2.19. The molecule has 1 fully saturated rings. The number of hydrogen-bond donors (Lipinski definition) is 0. The number of fused-ring (bicyclic) bond motifs is 1. The molecule has 2 aromatic heterocycles. The number of carbonyl (C=O) groups is 1. The van der Waals surface area contributed by atoms with Crippen molar-refractivity contribution in [2.24, 2.45) is 14.1 Å². The second-order valence-electron chi connectivity index (χ2n) is 5.96. The SMILES string of the molecule is Cc1cn(C)c(=O)c2c(C(=O)N3CCCCC3)cn(C)c12. The van der Waals surface area contributed by atoms with E-state index in [9.17, 15) is 9.59 Å². The van der Waals surface area contributed by atoms with E-state index in [1.807, 2.05) is 29.6 Å². The van der Waals surface area contributed by atoms with Crippen LogP contribution in [0.1, 0.15) is 35.2 Å². The second-order valence-corrected chi connectivity index (χ2v) is 5.96. The molecule has 21 heavy (non-hydrogen) atoms. The number of aromatic nitrogens is 2. The Morgan fingerprint density at radius 1 is 1.05 bits per heavy atom. The Bertz CT molecular complexity index is 764. The van der Waals surface area contributed by atoms with Gasteiger partial charge in [0.2, 0.25) is 0 Å². The van der Waals surface area contributed by atoms with Crippen molar-refractivity contribution in [2.45, 2.75) is 26.2 Å². The Hall–Kier alpha value is -2.04. The van der Waals surface area contributed by atoms with E-state index in [1.54, 1.807) is 17.8 Å². The lowest BCUT2D eigenvalue weighted by molar-refractivity contribution is 0.0726. The van der Waals surface area contributed by atoms with Crippen LogP contribution in [0, 0.1) is 6.92 Å². The third-order valence-electron chi connectivity index (χ3n) is 4.35. The fraction of sp³-hybridized carbons (Fsp3) is 0.500. The van der Waals surface area contributed by atoms with E-state index in [1.165, 1.54) is 6.42 Å². The van der Waals surface area contributed by atoms with Crippen molar-refractivity contribution in [3.63, 3.8) is 0 Å². The fourth-order valence-corrected chi connectivity index (χ4v) is 3.33. The quantitative estimate of drug-likeness (QED) is 0.803. The van der Waals surface area contributed by atoms with Crippen LogP contribution in [0.5, 0.6) is 0 Å². The molecule has 2 aromatic rings. The molecular weight excluding hydrogens is 266 g/mol. The molecule has 0 aliphatic carbocycles. The third-order valence-corrected chi connectivity index (χ3v) is 4.35. The van der Waals surface area contributed by atoms with Crippen LogP contribution in [0.25, 0.3) is 10.9 Å². The zero-order valence-electron chi connectivity index (χ0n) is 12.8. The van der Waals surface area contributed by atoms with Crippen LogP contribution in [0.15, 0.2) is 17.2 Å². The van der Waals surface area contributed by atoms with Crippen LogP contribution in [0.3, 0.4) is 0 Å². The number of likely N-dealkylation sites (tertiary alicyclic amines) is 1. The number of nitrogens with zero attached hydrogens (tertiary/aromatic N) is 3. The van der Waals surface area contributed by atoms with Crippen LogP contribution in [-0.2, 0) is 14.1 Å². The Morgan fingerprint density at radius 3 is 2.38 bits per heavy atom. The molecule has 0 radical (unpaired) electrons. The molecule has 3 heterocycles. The van der Waals surface area contributed by atoms with Crippen molar-refractivity contribution in [1.82, 2.24) is 14.0 Å². The standard InChI is InChI=1S/C16H21N3O2/c1-11-9-18(3)16(21)13-12(10-17(2)14(11)13)15(20)19-7-5-4-6-8-19/h9-10H,4-8H2,1-3H3. The predicted octanol–water partition coefficient (Wildman–Crippen LogP) is 1.81. The Kier molecular flexibility index (Phi) is 3.35. The van der Waals surface area contributed by atoms with Crippen LogP contribution in [0.4, 0.5) is 0 Å². The lowest BCUT2D eigenvalue weighted by atomic mass is 10.1. The van der Waals surface area contributed by atoms with Gasteiger partial charge in [0.05, 0.1) is 16.5 Å². The van der Waals surface area contributed by atoms with E-state index in [4.69, 9.17) is 0 Å². The monoisotopic (exact) mass is 287 g/mol. The topological polar surface area (TPSA) is 47.2 Å². The van der Waals surface area contributed by atoms with E-state index in [2.05, 4.69) is 0 Å². The molecule has 3 rings (SSSR count). The fourth-order valence-electron chi connectivity index (χ4n) is 3.33. The molecule has 0 saturated carbocycles. The van der Waals surface area contributed by atoms with E-state index in [0.29, 0.717) is 10.9 Å². The summed E-state index contributed by atoms with van der Waals surface area (Å²) in [4.78, 5) is 27.1. The molecule has 0 unspecified atom stereocenters. The van der Waals surface area contributed by atoms with Gasteiger partial charge in [-0.1, -0.05) is 0 Å². The van der Waals surface area contributed by atoms with Gasteiger partial charge in [-0.15, -0.1) is 0 Å². The third kappa shape index (κ3) is 2.17. The van der Waals surface area contributed by atoms with Crippen molar-refractivity contribution >= 4 is 16.8 Å². The molecule has 5 nitrogen and oxygen atoms in total. The summed E-state index contributed by atoms with van der Waals surface area (Å²) in [5.41, 5.74) is 2.31. The lowest BCUT2D eigenvalue weighted by Gasteiger charge is -2.26. The number of pyridine rings is 1. The molecule has 5 heteroatoms. The number of hydrogen-bond acceptors (Lipinski definition) is 2. The molecule has 0 bridgehead atoms. The van der Waals surface area contributed by atoms with Crippen LogP contribution in [-0.4, -0.2) is 33.0 Å². The van der Waals surface area contributed by atoms with Gasteiger partial charge in [0.25, 0.3) is 11.5 Å². The van der Waals surface area contributed by atoms with E-state index >= 15 is 0 Å². The van der Waals surface area contributed by atoms with Crippen molar-refractivity contribution < 1.29 is 4.79 Å². The second kappa shape index (κ2) is 5.06.